The molecule has 0 saturated heterocycles. The molecule has 7 heteroatoms. The van der Waals surface area contributed by atoms with Crippen molar-refractivity contribution in [1.29, 1.82) is 0 Å². The van der Waals surface area contributed by atoms with Crippen LogP contribution < -0.4 is 5.73 Å². The molecule has 25 heavy (non-hydrogen) atoms. The Morgan fingerprint density at radius 3 is 2.32 bits per heavy atom. The van der Waals surface area contributed by atoms with Crippen LogP contribution >= 0.6 is 11.8 Å². The first-order chi connectivity index (χ1) is 11.8. The molecule has 4 N–H and O–H groups in total. The molecule has 0 saturated carbocycles. The summed E-state index contributed by atoms with van der Waals surface area (Å²) in [5, 5.41) is 18.4. The maximum Gasteiger partial charge on any atom is 0.417 e. The highest BCUT2D eigenvalue weighted by Crippen LogP contribution is 2.38. The third-order valence-electron chi connectivity index (χ3n) is 4.15. The fourth-order valence-electron chi connectivity index (χ4n) is 2.39. The van der Waals surface area contributed by atoms with Gasteiger partial charge in [-0.3, -0.25) is 0 Å². The molecule has 1 aromatic carbocycles. The van der Waals surface area contributed by atoms with E-state index in [0.717, 1.165) is 31.7 Å². The summed E-state index contributed by atoms with van der Waals surface area (Å²) in [5.41, 5.74) is 4.48. The molecule has 0 aliphatic heterocycles. The number of halogens is 3. The Balaban J connectivity index is 2.80. The van der Waals surface area contributed by atoms with Crippen LogP contribution in [0.25, 0.3) is 0 Å². The molecular formula is C18H28F3NO2S. The van der Waals surface area contributed by atoms with Gasteiger partial charge in [0, 0.05) is 4.90 Å². The molecule has 0 radical (unpaired) electrons. The zero-order chi connectivity index (χ0) is 18.9. The molecule has 0 amide bonds. The predicted octanol–water partition coefficient (Wildman–Crippen LogP) is 3.99. The van der Waals surface area contributed by atoms with E-state index in [-0.39, 0.29) is 17.7 Å². The number of benzene rings is 1. The number of nitrogens with two attached hydrogens (primary N) is 1. The normalized spacial score (nSPS) is 12.6. The van der Waals surface area contributed by atoms with Crippen LogP contribution in [0.4, 0.5) is 13.2 Å². The van der Waals surface area contributed by atoms with Gasteiger partial charge < -0.3 is 15.9 Å². The molecule has 0 aliphatic rings. The van der Waals surface area contributed by atoms with Crippen LogP contribution in [0.15, 0.2) is 23.1 Å². The summed E-state index contributed by atoms with van der Waals surface area (Å²) < 4.78 is 40.0. The van der Waals surface area contributed by atoms with Gasteiger partial charge in [0.2, 0.25) is 0 Å². The summed E-state index contributed by atoms with van der Waals surface area (Å²) in [4.78, 5) is 0.246. The summed E-state index contributed by atoms with van der Waals surface area (Å²) in [5.74, 6) is 0.670. The molecule has 3 nitrogen and oxygen atoms in total. The van der Waals surface area contributed by atoms with Gasteiger partial charge >= 0.3 is 6.18 Å². The van der Waals surface area contributed by atoms with Crippen molar-refractivity contribution in [3.05, 3.63) is 29.3 Å². The van der Waals surface area contributed by atoms with Gasteiger partial charge in [-0.05, 0) is 42.7 Å². The molecule has 0 fully saturated rings. The first-order valence-electron chi connectivity index (χ1n) is 8.59. The highest BCUT2D eigenvalue weighted by Gasteiger charge is 2.34. The van der Waals surface area contributed by atoms with Crippen LogP contribution in [0.1, 0.15) is 50.2 Å². The second kappa shape index (κ2) is 10.4. The van der Waals surface area contributed by atoms with Gasteiger partial charge in [-0.2, -0.15) is 13.2 Å². The fourth-order valence-corrected chi connectivity index (χ4v) is 3.46. The number of alkyl halides is 3. The van der Waals surface area contributed by atoms with Crippen molar-refractivity contribution in [3.63, 3.8) is 0 Å². The lowest BCUT2D eigenvalue weighted by Gasteiger charge is -2.24. The fraction of sp³-hybridized carbons (Fsp3) is 0.667. The zero-order valence-corrected chi connectivity index (χ0v) is 15.4. The van der Waals surface area contributed by atoms with Crippen molar-refractivity contribution in [2.75, 3.05) is 19.0 Å². The molecule has 0 bridgehead atoms. The van der Waals surface area contributed by atoms with Crippen LogP contribution in [0.2, 0.25) is 0 Å². The molecular weight excluding hydrogens is 351 g/mol. The third-order valence-corrected chi connectivity index (χ3v) is 5.31. The van der Waals surface area contributed by atoms with Gasteiger partial charge in [-0.1, -0.05) is 32.3 Å². The minimum Gasteiger partial charge on any atom is -0.394 e. The van der Waals surface area contributed by atoms with Gasteiger partial charge in [0.05, 0.1) is 24.3 Å². The SMILES string of the molecule is CCCCCCSc1ccc(CCC(N)(CO)CO)cc1C(F)(F)F. The Hall–Kier alpha value is -0.760. The van der Waals surface area contributed by atoms with Crippen molar-refractivity contribution in [3.8, 4) is 0 Å². The van der Waals surface area contributed by atoms with Crippen LogP contribution in [0.3, 0.4) is 0 Å². The standard InChI is InChI=1S/C18H28F3NO2S/c1-2-3-4-5-10-25-16-7-6-14(11-15(16)18(19,20)21)8-9-17(22,12-23)13-24/h6-7,11,23-24H,2-5,8-10,12-13,22H2,1H3. The number of hydrogen-bond acceptors (Lipinski definition) is 4. The van der Waals surface area contributed by atoms with E-state index < -0.39 is 30.5 Å². The third kappa shape index (κ3) is 7.56. The molecule has 0 spiro atoms. The smallest absolute Gasteiger partial charge is 0.394 e. The Labute approximate surface area is 151 Å². The minimum atomic E-state index is -4.41. The van der Waals surface area contributed by atoms with Crippen LogP contribution in [-0.4, -0.2) is 34.7 Å². The van der Waals surface area contributed by atoms with Crippen LogP contribution in [0, 0.1) is 0 Å². The summed E-state index contributed by atoms with van der Waals surface area (Å²) in [6.45, 7) is 1.26. The number of rotatable bonds is 11. The number of aliphatic hydroxyl groups excluding tert-OH is 2. The van der Waals surface area contributed by atoms with Crippen molar-refractivity contribution in [2.24, 2.45) is 5.73 Å². The van der Waals surface area contributed by atoms with E-state index >= 15 is 0 Å². The topological polar surface area (TPSA) is 66.5 Å². The van der Waals surface area contributed by atoms with E-state index in [2.05, 4.69) is 6.92 Å². The van der Waals surface area contributed by atoms with Crippen LogP contribution in [0.5, 0.6) is 0 Å². The van der Waals surface area contributed by atoms with Crippen molar-refractivity contribution in [1.82, 2.24) is 0 Å². The van der Waals surface area contributed by atoms with Gasteiger partial charge in [-0.15, -0.1) is 11.8 Å². The summed E-state index contributed by atoms with van der Waals surface area (Å²) in [6, 6.07) is 4.33. The summed E-state index contributed by atoms with van der Waals surface area (Å²) in [6.07, 6.45) is 0.197. The minimum absolute atomic E-state index is 0.209. The first kappa shape index (κ1) is 22.3. The zero-order valence-electron chi connectivity index (χ0n) is 14.6. The molecule has 0 heterocycles. The number of thioether (sulfide) groups is 1. The summed E-state index contributed by atoms with van der Waals surface area (Å²) in [7, 11) is 0. The van der Waals surface area contributed by atoms with E-state index in [4.69, 9.17) is 5.73 Å². The highest BCUT2D eigenvalue weighted by atomic mass is 32.2. The Bertz CT molecular complexity index is 520. The second-order valence-electron chi connectivity index (χ2n) is 6.42. The summed E-state index contributed by atoms with van der Waals surface area (Å²) >= 11 is 1.24. The molecule has 1 aromatic rings. The molecule has 0 atom stereocenters. The van der Waals surface area contributed by atoms with E-state index in [9.17, 15) is 23.4 Å². The van der Waals surface area contributed by atoms with E-state index in [1.807, 2.05) is 0 Å². The number of unbranched alkanes of at least 4 members (excludes halogenated alkanes) is 3. The average Bonchev–Trinajstić information content (AvgIpc) is 2.59. The largest absolute Gasteiger partial charge is 0.417 e. The lowest BCUT2D eigenvalue weighted by Crippen LogP contribution is -2.47. The molecule has 144 valence electrons. The van der Waals surface area contributed by atoms with Gasteiger partial charge in [-0.25, -0.2) is 0 Å². The highest BCUT2D eigenvalue weighted by molar-refractivity contribution is 7.99. The van der Waals surface area contributed by atoms with E-state index in [0.29, 0.717) is 11.3 Å². The Morgan fingerprint density at radius 2 is 1.76 bits per heavy atom. The van der Waals surface area contributed by atoms with Crippen molar-refractivity contribution < 1.29 is 23.4 Å². The number of aliphatic hydroxyl groups is 2. The van der Waals surface area contributed by atoms with Gasteiger partial charge in [0.15, 0.2) is 0 Å². The first-order valence-corrected chi connectivity index (χ1v) is 9.58. The second-order valence-corrected chi connectivity index (χ2v) is 7.55. The monoisotopic (exact) mass is 379 g/mol. The quantitative estimate of drug-likeness (QED) is 0.402. The van der Waals surface area contributed by atoms with Crippen LogP contribution in [-0.2, 0) is 12.6 Å². The number of aryl methyl sites for hydroxylation is 1. The Kier molecular flexibility index (Phi) is 9.27. The molecule has 0 aliphatic carbocycles. The van der Waals surface area contributed by atoms with Crippen molar-refractivity contribution in [2.45, 2.75) is 62.1 Å². The average molecular weight is 379 g/mol. The molecule has 0 aromatic heterocycles. The van der Waals surface area contributed by atoms with E-state index in [1.54, 1.807) is 6.07 Å². The lowest BCUT2D eigenvalue weighted by atomic mass is 9.93. The maximum absolute atomic E-state index is 13.3. The molecule has 1 rings (SSSR count). The predicted molar refractivity (Wildman–Crippen MR) is 95.7 cm³/mol. The maximum atomic E-state index is 13.3. The lowest BCUT2D eigenvalue weighted by molar-refractivity contribution is -0.139. The van der Waals surface area contributed by atoms with E-state index in [1.165, 1.54) is 17.8 Å². The van der Waals surface area contributed by atoms with Crippen molar-refractivity contribution >= 4 is 11.8 Å². The van der Waals surface area contributed by atoms with Gasteiger partial charge in [0.25, 0.3) is 0 Å². The van der Waals surface area contributed by atoms with Gasteiger partial charge in [0.1, 0.15) is 0 Å². The Morgan fingerprint density at radius 1 is 1.08 bits per heavy atom. The number of hydrogen-bond donors (Lipinski definition) is 3. The molecule has 0 unspecified atom stereocenters.